The second-order valence-electron chi connectivity index (χ2n) is 4.97. The van der Waals surface area contributed by atoms with Gasteiger partial charge in [-0.1, -0.05) is 29.8 Å². The molecule has 1 aliphatic rings. The quantitative estimate of drug-likeness (QED) is 0.661. The summed E-state index contributed by atoms with van der Waals surface area (Å²) in [6.07, 6.45) is 2.20. The van der Waals surface area contributed by atoms with Crippen molar-refractivity contribution >= 4 is 28.9 Å². The van der Waals surface area contributed by atoms with Gasteiger partial charge in [0.1, 0.15) is 0 Å². The molecule has 2 aromatic carbocycles. The Morgan fingerprint density at radius 2 is 1.90 bits per heavy atom. The molecular weight excluding hydrogens is 284 g/mol. The fraction of sp³-hybridized carbons (Fsp3) is 0.188. The number of anilines is 1. The van der Waals surface area contributed by atoms with E-state index in [9.17, 15) is 0 Å². The van der Waals surface area contributed by atoms with Crippen LogP contribution < -0.4 is 16.2 Å². The van der Waals surface area contributed by atoms with Crippen molar-refractivity contribution in [1.29, 1.82) is 0 Å². The summed E-state index contributed by atoms with van der Waals surface area (Å²) in [6, 6.07) is 15.6. The number of aryl methyl sites for hydroxylation is 1. The first-order valence-electron chi connectivity index (χ1n) is 6.94. The highest BCUT2D eigenvalue weighted by atomic mass is 35.5. The van der Waals surface area contributed by atoms with Gasteiger partial charge in [-0.2, -0.15) is 0 Å². The molecule has 2 aromatic rings. The van der Waals surface area contributed by atoms with Crippen LogP contribution in [0.2, 0.25) is 5.02 Å². The van der Waals surface area contributed by atoms with Gasteiger partial charge in [-0.05, 0) is 48.7 Å². The van der Waals surface area contributed by atoms with E-state index in [1.807, 2.05) is 23.2 Å². The third-order valence-electron chi connectivity index (χ3n) is 3.44. The molecule has 0 radical (unpaired) electrons. The van der Waals surface area contributed by atoms with Crippen LogP contribution in [-0.2, 0) is 6.42 Å². The molecule has 0 unspecified atom stereocenters. The number of fused-ring (bicyclic) bond motifs is 1. The average molecular weight is 301 g/mol. The predicted molar refractivity (Wildman–Crippen MR) is 88.0 cm³/mol. The summed E-state index contributed by atoms with van der Waals surface area (Å²) < 4.78 is 0. The smallest absolute Gasteiger partial charge is 0.213 e. The highest BCUT2D eigenvalue weighted by Crippen LogP contribution is 2.25. The molecule has 0 atom stereocenters. The number of nitrogens with one attached hydrogen (secondary N) is 1. The standard InChI is InChI=1S/C16H17ClN4/c17-13-7-9-14(10-8-13)19-16(18)20-21-11-3-5-12-4-1-2-6-15(12)21/h1-2,4,6-10H,3,5,11H2,(H3,18,19,20). The van der Waals surface area contributed by atoms with Crippen molar-refractivity contribution < 1.29 is 0 Å². The summed E-state index contributed by atoms with van der Waals surface area (Å²) in [7, 11) is 0. The number of hydrazine groups is 1. The molecule has 1 heterocycles. The number of hydrogen-bond donors (Lipinski definition) is 2. The summed E-state index contributed by atoms with van der Waals surface area (Å²) in [5.41, 5.74) is 12.4. The molecule has 5 heteroatoms. The Morgan fingerprint density at radius 3 is 2.71 bits per heavy atom. The largest absolute Gasteiger partial charge is 0.368 e. The Balaban J connectivity index is 1.76. The Labute approximate surface area is 129 Å². The number of nitrogens with zero attached hydrogens (tertiary/aromatic N) is 2. The van der Waals surface area contributed by atoms with Gasteiger partial charge >= 0.3 is 0 Å². The molecule has 0 amide bonds. The topological polar surface area (TPSA) is 53.6 Å². The minimum atomic E-state index is 0.369. The molecule has 0 saturated carbocycles. The minimum absolute atomic E-state index is 0.369. The van der Waals surface area contributed by atoms with Gasteiger partial charge < -0.3 is 5.73 Å². The van der Waals surface area contributed by atoms with E-state index in [1.54, 1.807) is 12.1 Å². The van der Waals surface area contributed by atoms with Crippen LogP contribution >= 0.6 is 11.6 Å². The summed E-state index contributed by atoms with van der Waals surface area (Å²) in [5, 5.41) is 2.73. The highest BCUT2D eigenvalue weighted by Gasteiger charge is 2.16. The van der Waals surface area contributed by atoms with Crippen molar-refractivity contribution in [3.05, 3.63) is 59.1 Å². The first-order valence-corrected chi connectivity index (χ1v) is 7.32. The lowest BCUT2D eigenvalue weighted by molar-refractivity contribution is 0.667. The first kappa shape index (κ1) is 13.8. The summed E-state index contributed by atoms with van der Waals surface area (Å²) in [5.74, 6) is 0.369. The van der Waals surface area contributed by atoms with E-state index in [-0.39, 0.29) is 0 Å². The minimum Gasteiger partial charge on any atom is -0.368 e. The van der Waals surface area contributed by atoms with E-state index in [4.69, 9.17) is 17.3 Å². The lowest BCUT2D eigenvalue weighted by Gasteiger charge is -2.31. The van der Waals surface area contributed by atoms with Crippen LogP contribution in [0.4, 0.5) is 11.4 Å². The van der Waals surface area contributed by atoms with Gasteiger partial charge in [0.15, 0.2) is 0 Å². The third-order valence-corrected chi connectivity index (χ3v) is 3.69. The second-order valence-corrected chi connectivity index (χ2v) is 5.41. The molecule has 0 fully saturated rings. The van der Waals surface area contributed by atoms with Gasteiger partial charge in [0.2, 0.25) is 5.96 Å². The van der Waals surface area contributed by atoms with E-state index in [2.05, 4.69) is 28.6 Å². The Kier molecular flexibility index (Phi) is 3.97. The molecule has 0 saturated heterocycles. The SMILES string of the molecule is NC(=Nc1ccc(Cl)cc1)NN1CCCc2ccccc21. The molecule has 3 rings (SSSR count). The van der Waals surface area contributed by atoms with Crippen LogP contribution in [0.25, 0.3) is 0 Å². The summed E-state index contributed by atoms with van der Waals surface area (Å²) in [6.45, 7) is 0.911. The van der Waals surface area contributed by atoms with Crippen molar-refractivity contribution in [3.8, 4) is 0 Å². The molecule has 4 nitrogen and oxygen atoms in total. The molecule has 0 aromatic heterocycles. The number of benzene rings is 2. The molecule has 21 heavy (non-hydrogen) atoms. The lowest BCUT2D eigenvalue weighted by Crippen LogP contribution is -2.48. The second kappa shape index (κ2) is 6.06. The number of nitrogens with two attached hydrogens (primary N) is 1. The Morgan fingerprint density at radius 1 is 1.14 bits per heavy atom. The molecule has 0 spiro atoms. The maximum atomic E-state index is 6.00. The van der Waals surface area contributed by atoms with E-state index >= 15 is 0 Å². The zero-order chi connectivity index (χ0) is 14.7. The Hall–Kier alpha value is -2.20. The monoisotopic (exact) mass is 300 g/mol. The maximum Gasteiger partial charge on any atom is 0.213 e. The first-order chi connectivity index (χ1) is 10.2. The molecule has 3 N–H and O–H groups in total. The fourth-order valence-electron chi connectivity index (χ4n) is 2.47. The van der Waals surface area contributed by atoms with Gasteiger partial charge in [-0.15, -0.1) is 0 Å². The van der Waals surface area contributed by atoms with Crippen LogP contribution in [-0.4, -0.2) is 12.5 Å². The van der Waals surface area contributed by atoms with Crippen LogP contribution in [0, 0.1) is 0 Å². The normalized spacial score (nSPS) is 14.7. The molecule has 0 bridgehead atoms. The van der Waals surface area contributed by atoms with Gasteiger partial charge in [0.05, 0.1) is 11.4 Å². The molecular formula is C16H17ClN4. The van der Waals surface area contributed by atoms with Crippen LogP contribution in [0.1, 0.15) is 12.0 Å². The summed E-state index contributed by atoms with van der Waals surface area (Å²) >= 11 is 5.86. The maximum absolute atomic E-state index is 6.00. The van der Waals surface area contributed by atoms with Crippen molar-refractivity contribution in [2.75, 3.05) is 11.6 Å². The van der Waals surface area contributed by atoms with Crippen LogP contribution in [0.5, 0.6) is 0 Å². The fourth-order valence-corrected chi connectivity index (χ4v) is 2.59. The Bertz CT molecular complexity index is 652. The number of guanidine groups is 1. The van der Waals surface area contributed by atoms with Gasteiger partial charge in [0, 0.05) is 11.6 Å². The average Bonchev–Trinajstić information content (AvgIpc) is 2.50. The number of para-hydroxylation sites is 1. The van der Waals surface area contributed by atoms with Gasteiger partial charge in [0.25, 0.3) is 0 Å². The van der Waals surface area contributed by atoms with Crippen molar-refractivity contribution in [2.24, 2.45) is 10.7 Å². The van der Waals surface area contributed by atoms with E-state index in [1.165, 1.54) is 5.56 Å². The van der Waals surface area contributed by atoms with Gasteiger partial charge in [-0.3, -0.25) is 10.4 Å². The van der Waals surface area contributed by atoms with Crippen molar-refractivity contribution in [3.63, 3.8) is 0 Å². The third kappa shape index (κ3) is 3.28. The van der Waals surface area contributed by atoms with Crippen LogP contribution in [0.3, 0.4) is 0 Å². The van der Waals surface area contributed by atoms with Crippen molar-refractivity contribution in [2.45, 2.75) is 12.8 Å². The van der Waals surface area contributed by atoms with Crippen molar-refractivity contribution in [1.82, 2.24) is 5.43 Å². The number of hydrogen-bond acceptors (Lipinski definition) is 2. The highest BCUT2D eigenvalue weighted by molar-refractivity contribution is 6.30. The number of halogens is 1. The van der Waals surface area contributed by atoms with Crippen LogP contribution in [0.15, 0.2) is 53.5 Å². The molecule has 108 valence electrons. The van der Waals surface area contributed by atoms with E-state index in [0.29, 0.717) is 11.0 Å². The predicted octanol–water partition coefficient (Wildman–Crippen LogP) is 3.24. The zero-order valence-corrected chi connectivity index (χ0v) is 12.3. The molecule has 1 aliphatic heterocycles. The molecule has 0 aliphatic carbocycles. The number of rotatable bonds is 2. The van der Waals surface area contributed by atoms with E-state index in [0.717, 1.165) is 30.8 Å². The van der Waals surface area contributed by atoms with E-state index < -0.39 is 0 Å². The summed E-state index contributed by atoms with van der Waals surface area (Å²) in [4.78, 5) is 4.35. The number of aliphatic imine (C=N–C) groups is 1. The van der Waals surface area contributed by atoms with Gasteiger partial charge in [-0.25, -0.2) is 4.99 Å². The zero-order valence-electron chi connectivity index (χ0n) is 11.6. The lowest BCUT2D eigenvalue weighted by atomic mass is 10.0.